The van der Waals surface area contributed by atoms with Gasteiger partial charge >= 0.3 is 0 Å². The molecular formula is C38H60ClNO3. The van der Waals surface area contributed by atoms with Crippen LogP contribution < -0.4 is 9.47 Å². The highest BCUT2D eigenvalue weighted by Gasteiger charge is 2.30. The van der Waals surface area contributed by atoms with Gasteiger partial charge in [-0.1, -0.05) is 116 Å². The Morgan fingerprint density at radius 3 is 1.42 bits per heavy atom. The van der Waals surface area contributed by atoms with Gasteiger partial charge in [0.25, 0.3) is 0 Å². The van der Waals surface area contributed by atoms with Gasteiger partial charge in [-0.05, 0) is 86.8 Å². The fourth-order valence-electron chi connectivity index (χ4n) is 6.85. The first-order chi connectivity index (χ1) is 20.8. The first-order valence-corrected chi connectivity index (χ1v) is 17.7. The summed E-state index contributed by atoms with van der Waals surface area (Å²) < 4.78 is 12.7. The quantitative estimate of drug-likeness (QED) is 0.372. The highest BCUT2D eigenvalue weighted by molar-refractivity contribution is 5.85. The Kier molecular flexibility index (Phi) is 18.0. The molecule has 0 aliphatic carbocycles. The van der Waals surface area contributed by atoms with E-state index in [2.05, 4.69) is 4.90 Å². The molecule has 2 aromatic carbocycles. The number of fused-ring (bicyclic) bond motifs is 22. The molecule has 0 saturated carbocycles. The van der Waals surface area contributed by atoms with Crippen LogP contribution in [0.1, 0.15) is 135 Å². The van der Waals surface area contributed by atoms with Crippen LogP contribution in [0.4, 0.5) is 0 Å². The molecule has 242 valence electrons. The first-order valence-electron chi connectivity index (χ1n) is 17.7. The summed E-state index contributed by atoms with van der Waals surface area (Å²) in [7, 11) is 0. The van der Waals surface area contributed by atoms with Crippen LogP contribution >= 0.6 is 12.4 Å². The second-order valence-electron chi connectivity index (χ2n) is 13.1. The van der Waals surface area contributed by atoms with Gasteiger partial charge in [0.05, 0.1) is 0 Å². The van der Waals surface area contributed by atoms with E-state index in [4.69, 9.17) is 9.47 Å². The first kappa shape index (κ1) is 35.6. The highest BCUT2D eigenvalue weighted by Crippen LogP contribution is 2.30. The molecule has 0 radical (unpaired) electrons. The van der Waals surface area contributed by atoms with E-state index < -0.39 is 0 Å². The highest BCUT2D eigenvalue weighted by atomic mass is 35.5. The molecule has 2 bridgehead atoms. The van der Waals surface area contributed by atoms with Crippen LogP contribution in [0.2, 0.25) is 0 Å². The van der Waals surface area contributed by atoms with Gasteiger partial charge in [0.15, 0.2) is 0 Å². The number of nitrogens with zero attached hydrogens (tertiary/aromatic N) is 1. The Hall–Kier alpha value is -1.91. The maximum Gasteiger partial charge on any atom is 0.127 e. The van der Waals surface area contributed by atoms with E-state index in [9.17, 15) is 5.11 Å². The number of phenolic OH excluding ortho intramolecular Hbond substituents is 1. The SMILES string of the molecule is Cl.Oc1ccc(Oc2ccc(OC3CN4CCCCCCCCCCCCCCCCCCCCCC3CC4)cc2)cc1. The zero-order chi connectivity index (χ0) is 29.1. The monoisotopic (exact) mass is 613 g/mol. The van der Waals surface area contributed by atoms with Crippen molar-refractivity contribution in [3.8, 4) is 23.0 Å². The molecule has 43 heavy (non-hydrogen) atoms. The fraction of sp³-hybridized carbons (Fsp3) is 0.684. The minimum Gasteiger partial charge on any atom is -0.508 e. The number of aromatic hydroxyl groups is 1. The molecule has 3 saturated heterocycles. The molecule has 2 aromatic rings. The van der Waals surface area contributed by atoms with Crippen molar-refractivity contribution < 1.29 is 14.6 Å². The van der Waals surface area contributed by atoms with Gasteiger partial charge in [0.1, 0.15) is 29.1 Å². The van der Waals surface area contributed by atoms with E-state index in [0.29, 0.717) is 11.7 Å². The van der Waals surface area contributed by atoms with E-state index in [-0.39, 0.29) is 24.3 Å². The molecule has 3 aliphatic rings. The van der Waals surface area contributed by atoms with Gasteiger partial charge in [0.2, 0.25) is 0 Å². The predicted octanol–water partition coefficient (Wildman–Crippen LogP) is 11.5. The van der Waals surface area contributed by atoms with Gasteiger partial charge in [0, 0.05) is 6.54 Å². The summed E-state index contributed by atoms with van der Waals surface area (Å²) in [6.07, 6.45) is 29.8. The smallest absolute Gasteiger partial charge is 0.127 e. The number of hydrogen-bond donors (Lipinski definition) is 1. The Balaban J connectivity index is 0.00000506. The van der Waals surface area contributed by atoms with E-state index >= 15 is 0 Å². The molecule has 3 heterocycles. The molecule has 5 heteroatoms. The van der Waals surface area contributed by atoms with Crippen molar-refractivity contribution in [2.24, 2.45) is 5.92 Å². The predicted molar refractivity (Wildman–Crippen MR) is 183 cm³/mol. The van der Waals surface area contributed by atoms with Crippen molar-refractivity contribution in [1.29, 1.82) is 0 Å². The molecule has 3 fully saturated rings. The van der Waals surface area contributed by atoms with Gasteiger partial charge in [-0.25, -0.2) is 0 Å². The third-order valence-electron chi connectivity index (χ3n) is 9.51. The Labute approximate surface area is 269 Å². The Morgan fingerprint density at radius 2 is 0.907 bits per heavy atom. The summed E-state index contributed by atoms with van der Waals surface area (Å²) in [5.41, 5.74) is 0. The minimum atomic E-state index is 0. The average molecular weight is 614 g/mol. The lowest BCUT2D eigenvalue weighted by atomic mass is 9.88. The number of ether oxygens (including phenoxy) is 2. The molecule has 0 spiro atoms. The van der Waals surface area contributed by atoms with Crippen molar-refractivity contribution in [2.45, 2.75) is 141 Å². The van der Waals surface area contributed by atoms with Crippen molar-refractivity contribution >= 4 is 12.4 Å². The number of hydrogen-bond acceptors (Lipinski definition) is 4. The van der Waals surface area contributed by atoms with Crippen molar-refractivity contribution in [2.75, 3.05) is 19.6 Å². The summed E-state index contributed by atoms with van der Waals surface area (Å²) in [5, 5.41) is 9.52. The number of piperidine rings is 1. The summed E-state index contributed by atoms with van der Waals surface area (Å²) in [4.78, 5) is 2.67. The normalized spacial score (nSPS) is 24.5. The maximum absolute atomic E-state index is 9.52. The zero-order valence-corrected chi connectivity index (χ0v) is 27.7. The summed E-state index contributed by atoms with van der Waals surface area (Å²) in [6.45, 7) is 3.49. The van der Waals surface area contributed by atoms with Gasteiger partial charge in [-0.2, -0.15) is 0 Å². The van der Waals surface area contributed by atoms with Crippen LogP contribution in [0.15, 0.2) is 48.5 Å². The lowest BCUT2D eigenvalue weighted by Gasteiger charge is -2.38. The molecule has 0 amide bonds. The summed E-state index contributed by atoms with van der Waals surface area (Å²) in [6, 6.07) is 14.9. The zero-order valence-electron chi connectivity index (χ0n) is 26.9. The van der Waals surface area contributed by atoms with Crippen LogP contribution in [0.25, 0.3) is 0 Å². The van der Waals surface area contributed by atoms with Crippen LogP contribution in [0, 0.1) is 5.92 Å². The fourth-order valence-corrected chi connectivity index (χ4v) is 6.85. The number of halogens is 1. The summed E-state index contributed by atoms with van der Waals surface area (Å²) >= 11 is 0. The summed E-state index contributed by atoms with van der Waals surface area (Å²) in [5.74, 6) is 3.32. The Bertz CT molecular complexity index is 947. The van der Waals surface area contributed by atoms with Crippen LogP contribution in [0.5, 0.6) is 23.0 Å². The molecule has 1 N–H and O–H groups in total. The van der Waals surface area contributed by atoms with Crippen molar-refractivity contribution in [3.63, 3.8) is 0 Å². The minimum absolute atomic E-state index is 0. The third-order valence-corrected chi connectivity index (χ3v) is 9.51. The topological polar surface area (TPSA) is 41.9 Å². The molecule has 3 unspecified atom stereocenters. The number of benzene rings is 2. The van der Waals surface area contributed by atoms with E-state index in [1.54, 1.807) is 24.3 Å². The van der Waals surface area contributed by atoms with E-state index in [1.807, 2.05) is 24.3 Å². The standard InChI is InChI=1S/C38H59NO3.ClH/c40-34-21-23-35(24-22-34)41-36-25-27-37(28-26-36)42-38-32-39-30-19-17-15-13-11-9-7-5-3-1-2-4-6-8-10-12-14-16-18-20-33(38)29-31-39;/h21-28,33,38,40H,1-20,29-32H2;1H. The number of rotatable bonds is 4. The largest absolute Gasteiger partial charge is 0.508 e. The van der Waals surface area contributed by atoms with Crippen LogP contribution in [-0.4, -0.2) is 35.7 Å². The van der Waals surface area contributed by atoms with Crippen molar-refractivity contribution in [1.82, 2.24) is 4.90 Å². The molecule has 4 nitrogen and oxygen atoms in total. The lowest BCUT2D eigenvalue weighted by Crippen LogP contribution is -2.47. The molecule has 0 aromatic heterocycles. The number of phenols is 1. The van der Waals surface area contributed by atoms with Crippen molar-refractivity contribution in [3.05, 3.63) is 48.5 Å². The lowest BCUT2D eigenvalue weighted by molar-refractivity contribution is 0.0339. The molecular weight excluding hydrogens is 554 g/mol. The van der Waals surface area contributed by atoms with Crippen LogP contribution in [-0.2, 0) is 0 Å². The third kappa shape index (κ3) is 14.6. The van der Waals surface area contributed by atoms with Gasteiger partial charge < -0.3 is 14.6 Å². The Morgan fingerprint density at radius 1 is 0.488 bits per heavy atom. The maximum atomic E-state index is 9.52. The molecule has 3 aliphatic heterocycles. The van der Waals surface area contributed by atoms with Crippen LogP contribution in [0.3, 0.4) is 0 Å². The average Bonchev–Trinajstić information content (AvgIpc) is 3.00. The van der Waals surface area contributed by atoms with Gasteiger partial charge in [-0.3, -0.25) is 4.90 Å². The molecule has 5 rings (SSSR count). The van der Waals surface area contributed by atoms with E-state index in [0.717, 1.165) is 18.0 Å². The second-order valence-corrected chi connectivity index (χ2v) is 13.1. The van der Waals surface area contributed by atoms with E-state index in [1.165, 1.54) is 148 Å². The van der Waals surface area contributed by atoms with Gasteiger partial charge in [-0.15, -0.1) is 12.4 Å². The second kappa shape index (κ2) is 21.7. The molecule has 3 atom stereocenters.